The third kappa shape index (κ3) is 2.05. The van der Waals surface area contributed by atoms with Crippen LogP contribution in [0.2, 0.25) is 0 Å². The van der Waals surface area contributed by atoms with E-state index in [1.54, 1.807) is 35.0 Å². The molecule has 0 radical (unpaired) electrons. The molecule has 1 atom stereocenters. The number of rotatable bonds is 2. The van der Waals surface area contributed by atoms with Gasteiger partial charge in [-0.15, -0.1) is 0 Å². The number of nitrogens with one attached hydrogen (secondary N) is 1. The molecular formula is C10H14N4O2. The Morgan fingerprint density at radius 1 is 1.69 bits per heavy atom. The molecule has 0 aliphatic carbocycles. The maximum absolute atomic E-state index is 11.9. The number of hydrogen-bond donors (Lipinski definition) is 1. The highest BCUT2D eigenvalue weighted by Crippen LogP contribution is 2.05. The SMILES string of the molecule is CC1C(=O)NCCN1C(=O)Cn1cccn1. The Morgan fingerprint density at radius 3 is 3.19 bits per heavy atom. The lowest BCUT2D eigenvalue weighted by Gasteiger charge is -2.32. The van der Waals surface area contributed by atoms with Crippen LogP contribution in [0.1, 0.15) is 6.92 Å². The Hall–Kier alpha value is -1.85. The zero-order chi connectivity index (χ0) is 11.5. The molecule has 16 heavy (non-hydrogen) atoms. The van der Waals surface area contributed by atoms with E-state index >= 15 is 0 Å². The quantitative estimate of drug-likeness (QED) is 0.714. The highest BCUT2D eigenvalue weighted by molar-refractivity contribution is 5.88. The highest BCUT2D eigenvalue weighted by atomic mass is 16.2. The molecule has 0 bridgehead atoms. The summed E-state index contributed by atoms with van der Waals surface area (Å²) in [4.78, 5) is 24.9. The molecule has 86 valence electrons. The zero-order valence-corrected chi connectivity index (χ0v) is 9.09. The molecule has 1 unspecified atom stereocenters. The largest absolute Gasteiger partial charge is 0.353 e. The van der Waals surface area contributed by atoms with Crippen molar-refractivity contribution in [3.8, 4) is 0 Å². The Kier molecular flexibility index (Phi) is 2.89. The maximum Gasteiger partial charge on any atom is 0.245 e. The summed E-state index contributed by atoms with van der Waals surface area (Å²) in [6, 6.07) is 1.37. The van der Waals surface area contributed by atoms with Crippen LogP contribution in [-0.4, -0.2) is 45.6 Å². The predicted octanol–water partition coefficient (Wildman–Crippen LogP) is -0.770. The first-order chi connectivity index (χ1) is 7.68. The molecule has 1 aliphatic heterocycles. The molecule has 1 saturated heterocycles. The minimum Gasteiger partial charge on any atom is -0.353 e. The van der Waals surface area contributed by atoms with Gasteiger partial charge in [-0.25, -0.2) is 0 Å². The van der Waals surface area contributed by atoms with E-state index in [1.165, 1.54) is 0 Å². The average Bonchev–Trinajstić information content (AvgIpc) is 2.74. The van der Waals surface area contributed by atoms with E-state index in [-0.39, 0.29) is 18.4 Å². The van der Waals surface area contributed by atoms with Crippen molar-refractivity contribution in [3.63, 3.8) is 0 Å². The third-order valence-electron chi connectivity index (χ3n) is 2.68. The van der Waals surface area contributed by atoms with E-state index in [9.17, 15) is 9.59 Å². The molecular weight excluding hydrogens is 208 g/mol. The van der Waals surface area contributed by atoms with Crippen LogP contribution >= 0.6 is 0 Å². The van der Waals surface area contributed by atoms with Gasteiger partial charge in [-0.1, -0.05) is 0 Å². The fourth-order valence-corrected chi connectivity index (χ4v) is 1.75. The molecule has 2 heterocycles. The monoisotopic (exact) mass is 222 g/mol. The van der Waals surface area contributed by atoms with Gasteiger partial charge in [0, 0.05) is 25.5 Å². The molecule has 6 nitrogen and oxygen atoms in total. The number of aromatic nitrogens is 2. The van der Waals surface area contributed by atoms with Crippen LogP contribution in [0.25, 0.3) is 0 Å². The van der Waals surface area contributed by atoms with Gasteiger partial charge in [0.25, 0.3) is 0 Å². The molecule has 1 aromatic rings. The number of carbonyl (C=O) groups excluding carboxylic acids is 2. The van der Waals surface area contributed by atoms with Crippen LogP contribution in [0.15, 0.2) is 18.5 Å². The fraction of sp³-hybridized carbons (Fsp3) is 0.500. The first kappa shape index (κ1) is 10.7. The molecule has 1 fully saturated rings. The maximum atomic E-state index is 11.9. The molecule has 2 rings (SSSR count). The molecule has 0 aromatic carbocycles. The number of hydrogen-bond acceptors (Lipinski definition) is 3. The normalized spacial score (nSPS) is 20.7. The Labute approximate surface area is 93.2 Å². The average molecular weight is 222 g/mol. The van der Waals surface area contributed by atoms with E-state index in [0.29, 0.717) is 13.1 Å². The predicted molar refractivity (Wildman–Crippen MR) is 56.4 cm³/mol. The van der Waals surface area contributed by atoms with Crippen LogP contribution in [0.4, 0.5) is 0 Å². The number of piperazine rings is 1. The number of carbonyl (C=O) groups is 2. The van der Waals surface area contributed by atoms with Crippen LogP contribution in [0.5, 0.6) is 0 Å². The molecule has 1 aliphatic rings. The van der Waals surface area contributed by atoms with Crippen LogP contribution in [-0.2, 0) is 16.1 Å². The summed E-state index contributed by atoms with van der Waals surface area (Å²) >= 11 is 0. The molecule has 2 amide bonds. The van der Waals surface area contributed by atoms with Crippen molar-refractivity contribution >= 4 is 11.8 Å². The van der Waals surface area contributed by atoms with Gasteiger partial charge in [0.2, 0.25) is 11.8 Å². The molecule has 1 N–H and O–H groups in total. The summed E-state index contributed by atoms with van der Waals surface area (Å²) in [5.74, 6) is -0.175. The number of amides is 2. The van der Waals surface area contributed by atoms with E-state index in [0.717, 1.165) is 0 Å². The minimum absolute atomic E-state index is 0.0777. The zero-order valence-electron chi connectivity index (χ0n) is 9.09. The van der Waals surface area contributed by atoms with Gasteiger partial charge in [-0.2, -0.15) is 5.10 Å². The van der Waals surface area contributed by atoms with Crippen molar-refractivity contribution in [1.29, 1.82) is 0 Å². The Balaban J connectivity index is 2.01. The molecule has 1 aromatic heterocycles. The van der Waals surface area contributed by atoms with Gasteiger partial charge in [0.15, 0.2) is 0 Å². The molecule has 6 heteroatoms. The first-order valence-electron chi connectivity index (χ1n) is 5.23. The summed E-state index contributed by atoms with van der Waals surface area (Å²) in [5.41, 5.74) is 0. The van der Waals surface area contributed by atoms with Crippen molar-refractivity contribution in [2.45, 2.75) is 19.5 Å². The summed E-state index contributed by atoms with van der Waals surface area (Å²) in [6.07, 6.45) is 3.35. The van der Waals surface area contributed by atoms with Crippen LogP contribution in [0.3, 0.4) is 0 Å². The van der Waals surface area contributed by atoms with E-state index in [4.69, 9.17) is 0 Å². The Bertz CT molecular complexity index is 388. The van der Waals surface area contributed by atoms with Gasteiger partial charge in [0.1, 0.15) is 12.6 Å². The van der Waals surface area contributed by atoms with Crippen molar-refractivity contribution in [2.75, 3.05) is 13.1 Å². The van der Waals surface area contributed by atoms with Gasteiger partial charge in [0.05, 0.1) is 0 Å². The van der Waals surface area contributed by atoms with Crippen LogP contribution < -0.4 is 5.32 Å². The standard InChI is InChI=1S/C10H14N4O2/c1-8-10(16)11-4-6-14(8)9(15)7-13-5-2-3-12-13/h2-3,5,8H,4,6-7H2,1H3,(H,11,16). The summed E-state index contributed by atoms with van der Waals surface area (Å²) in [7, 11) is 0. The lowest BCUT2D eigenvalue weighted by molar-refractivity contribution is -0.143. The van der Waals surface area contributed by atoms with Gasteiger partial charge in [-0.3, -0.25) is 14.3 Å². The van der Waals surface area contributed by atoms with Gasteiger partial charge >= 0.3 is 0 Å². The summed E-state index contributed by atoms with van der Waals surface area (Å²) in [5, 5.41) is 6.68. The van der Waals surface area contributed by atoms with Crippen molar-refractivity contribution in [1.82, 2.24) is 20.0 Å². The second-order valence-corrected chi connectivity index (χ2v) is 3.76. The number of nitrogens with zero attached hydrogens (tertiary/aromatic N) is 3. The van der Waals surface area contributed by atoms with Crippen molar-refractivity contribution in [2.24, 2.45) is 0 Å². The minimum atomic E-state index is -0.392. The Morgan fingerprint density at radius 2 is 2.50 bits per heavy atom. The van der Waals surface area contributed by atoms with Gasteiger partial charge < -0.3 is 10.2 Å². The highest BCUT2D eigenvalue weighted by Gasteiger charge is 2.28. The molecule has 0 spiro atoms. The van der Waals surface area contributed by atoms with E-state index in [2.05, 4.69) is 10.4 Å². The van der Waals surface area contributed by atoms with Crippen molar-refractivity contribution in [3.05, 3.63) is 18.5 Å². The lowest BCUT2D eigenvalue weighted by Crippen LogP contribution is -2.56. The van der Waals surface area contributed by atoms with Crippen molar-refractivity contribution < 1.29 is 9.59 Å². The second-order valence-electron chi connectivity index (χ2n) is 3.76. The second kappa shape index (κ2) is 4.34. The first-order valence-corrected chi connectivity index (χ1v) is 5.23. The van der Waals surface area contributed by atoms with E-state index < -0.39 is 6.04 Å². The topological polar surface area (TPSA) is 67.2 Å². The summed E-state index contributed by atoms with van der Waals surface area (Å²) in [6.45, 7) is 3.00. The fourth-order valence-electron chi connectivity index (χ4n) is 1.75. The smallest absolute Gasteiger partial charge is 0.245 e. The molecule has 0 saturated carbocycles. The third-order valence-corrected chi connectivity index (χ3v) is 2.68. The summed E-state index contributed by atoms with van der Waals surface area (Å²) < 4.78 is 1.56. The van der Waals surface area contributed by atoms with Gasteiger partial charge in [-0.05, 0) is 13.0 Å². The lowest BCUT2D eigenvalue weighted by atomic mass is 10.2. The van der Waals surface area contributed by atoms with E-state index in [1.807, 2.05) is 0 Å². The van der Waals surface area contributed by atoms with Crippen LogP contribution in [0, 0.1) is 0 Å².